The fourth-order valence-electron chi connectivity index (χ4n) is 5.14. The normalized spacial score (nSPS) is 23.8. The predicted octanol–water partition coefficient (Wildman–Crippen LogP) is 5.95. The van der Waals surface area contributed by atoms with Gasteiger partial charge >= 0.3 is 0 Å². The first-order chi connectivity index (χ1) is 13.2. The summed E-state index contributed by atoms with van der Waals surface area (Å²) in [6, 6.07) is 17.3. The van der Waals surface area contributed by atoms with Crippen molar-refractivity contribution in [2.45, 2.75) is 70.4 Å². The van der Waals surface area contributed by atoms with Crippen LogP contribution in [0.2, 0.25) is 0 Å². The molecule has 0 radical (unpaired) electrons. The Balaban J connectivity index is 1.49. The van der Waals surface area contributed by atoms with Gasteiger partial charge in [-0.2, -0.15) is 0 Å². The number of fused-ring (bicyclic) bond motifs is 1. The van der Waals surface area contributed by atoms with Crippen LogP contribution < -0.4 is 4.74 Å². The SMILES string of the molecule is CCCN1CCCCC12CCc1cc(OC(C)c3ccccc3)ccc1C2. The Kier molecular flexibility index (Phi) is 5.54. The summed E-state index contributed by atoms with van der Waals surface area (Å²) in [5, 5.41) is 0. The van der Waals surface area contributed by atoms with E-state index in [1.54, 1.807) is 5.56 Å². The molecule has 2 atom stereocenters. The number of hydrogen-bond donors (Lipinski definition) is 0. The van der Waals surface area contributed by atoms with E-state index < -0.39 is 0 Å². The maximum atomic E-state index is 6.25. The van der Waals surface area contributed by atoms with E-state index in [2.05, 4.69) is 67.3 Å². The average molecular weight is 364 g/mol. The van der Waals surface area contributed by atoms with Crippen molar-refractivity contribution in [3.8, 4) is 5.75 Å². The second kappa shape index (κ2) is 8.06. The lowest BCUT2D eigenvalue weighted by Gasteiger charge is -2.50. The zero-order valence-electron chi connectivity index (χ0n) is 16.9. The molecule has 2 nitrogen and oxygen atoms in total. The molecule has 2 unspecified atom stereocenters. The first-order valence-corrected chi connectivity index (χ1v) is 10.8. The summed E-state index contributed by atoms with van der Waals surface area (Å²) in [4.78, 5) is 2.81. The fourth-order valence-corrected chi connectivity index (χ4v) is 5.14. The van der Waals surface area contributed by atoms with Gasteiger partial charge in [0.2, 0.25) is 0 Å². The highest BCUT2D eigenvalue weighted by Crippen LogP contribution is 2.41. The van der Waals surface area contributed by atoms with Crippen molar-refractivity contribution in [3.63, 3.8) is 0 Å². The average Bonchev–Trinajstić information content (AvgIpc) is 2.71. The molecule has 4 rings (SSSR count). The van der Waals surface area contributed by atoms with Gasteiger partial charge in [-0.3, -0.25) is 4.90 Å². The maximum Gasteiger partial charge on any atom is 0.121 e. The quantitative estimate of drug-likeness (QED) is 0.651. The number of hydrogen-bond acceptors (Lipinski definition) is 2. The fraction of sp³-hybridized carbons (Fsp3) is 0.520. The molecule has 2 aromatic carbocycles. The van der Waals surface area contributed by atoms with Gasteiger partial charge in [-0.1, -0.05) is 49.7 Å². The molecule has 2 aliphatic rings. The highest BCUT2D eigenvalue weighted by atomic mass is 16.5. The minimum absolute atomic E-state index is 0.0811. The highest BCUT2D eigenvalue weighted by Gasteiger charge is 2.40. The summed E-state index contributed by atoms with van der Waals surface area (Å²) in [6.45, 7) is 7.00. The largest absolute Gasteiger partial charge is 0.486 e. The first-order valence-electron chi connectivity index (χ1n) is 10.8. The molecule has 144 valence electrons. The van der Waals surface area contributed by atoms with E-state index in [0.29, 0.717) is 5.54 Å². The van der Waals surface area contributed by atoms with E-state index in [-0.39, 0.29) is 6.10 Å². The van der Waals surface area contributed by atoms with E-state index in [0.717, 1.165) is 5.75 Å². The Morgan fingerprint density at radius 2 is 1.89 bits per heavy atom. The lowest BCUT2D eigenvalue weighted by Crippen LogP contribution is -2.55. The molecule has 1 spiro atoms. The monoisotopic (exact) mass is 363 g/mol. The molecule has 1 aliphatic carbocycles. The summed E-state index contributed by atoms with van der Waals surface area (Å²) >= 11 is 0. The zero-order valence-corrected chi connectivity index (χ0v) is 16.9. The third kappa shape index (κ3) is 3.91. The summed E-state index contributed by atoms with van der Waals surface area (Å²) in [6.07, 6.45) is 9.19. The van der Waals surface area contributed by atoms with Crippen LogP contribution in [0.15, 0.2) is 48.5 Å². The Labute approximate surface area is 164 Å². The molecule has 1 fully saturated rings. The summed E-state index contributed by atoms with van der Waals surface area (Å²) in [7, 11) is 0. The molecule has 0 bridgehead atoms. The number of nitrogens with zero attached hydrogens (tertiary/aromatic N) is 1. The molecule has 0 N–H and O–H groups in total. The van der Waals surface area contributed by atoms with Crippen molar-refractivity contribution in [2.24, 2.45) is 0 Å². The lowest BCUT2D eigenvalue weighted by atomic mass is 9.72. The van der Waals surface area contributed by atoms with Gasteiger partial charge in [-0.15, -0.1) is 0 Å². The Bertz CT molecular complexity index is 754. The standard InChI is InChI=1S/C25H33NO/c1-3-16-26-17-8-7-14-25(26)15-13-22-18-24(12-11-23(22)19-25)27-20(2)21-9-5-4-6-10-21/h4-6,9-12,18,20H,3,7-8,13-17,19H2,1-2H3. The van der Waals surface area contributed by atoms with E-state index >= 15 is 0 Å². The van der Waals surface area contributed by atoms with Crippen LogP contribution in [0.25, 0.3) is 0 Å². The van der Waals surface area contributed by atoms with Crippen LogP contribution in [0.1, 0.15) is 68.7 Å². The third-order valence-electron chi connectivity index (χ3n) is 6.62. The van der Waals surface area contributed by atoms with Crippen LogP contribution in [-0.4, -0.2) is 23.5 Å². The molecule has 0 aromatic heterocycles. The molecular formula is C25H33NO. The summed E-state index contributed by atoms with van der Waals surface area (Å²) < 4.78 is 6.25. The van der Waals surface area contributed by atoms with Crippen LogP contribution in [0.5, 0.6) is 5.75 Å². The second-order valence-corrected chi connectivity index (χ2v) is 8.45. The Hall–Kier alpha value is -1.80. The predicted molar refractivity (Wildman–Crippen MR) is 112 cm³/mol. The molecule has 0 saturated carbocycles. The molecule has 1 aliphatic heterocycles. The second-order valence-electron chi connectivity index (χ2n) is 8.45. The molecule has 27 heavy (non-hydrogen) atoms. The van der Waals surface area contributed by atoms with Gasteiger partial charge in [0.15, 0.2) is 0 Å². The number of rotatable bonds is 5. The molecular weight excluding hydrogens is 330 g/mol. The van der Waals surface area contributed by atoms with Crippen molar-refractivity contribution in [1.29, 1.82) is 0 Å². The molecule has 2 aromatic rings. The van der Waals surface area contributed by atoms with Crippen LogP contribution >= 0.6 is 0 Å². The number of aryl methyl sites for hydroxylation is 1. The summed E-state index contributed by atoms with van der Waals surface area (Å²) in [5.41, 5.74) is 4.69. The van der Waals surface area contributed by atoms with Gasteiger partial charge in [0, 0.05) is 5.54 Å². The molecule has 0 amide bonds. The number of likely N-dealkylation sites (tertiary alicyclic amines) is 1. The van der Waals surface area contributed by atoms with E-state index in [9.17, 15) is 0 Å². The number of ether oxygens (including phenoxy) is 1. The van der Waals surface area contributed by atoms with Gasteiger partial charge in [-0.25, -0.2) is 0 Å². The minimum atomic E-state index is 0.0811. The number of benzene rings is 2. The van der Waals surface area contributed by atoms with Gasteiger partial charge in [-0.05, 0) is 87.4 Å². The lowest BCUT2D eigenvalue weighted by molar-refractivity contribution is 0.0340. The van der Waals surface area contributed by atoms with Crippen LogP contribution in [-0.2, 0) is 12.8 Å². The van der Waals surface area contributed by atoms with E-state index in [1.165, 1.54) is 69.2 Å². The van der Waals surface area contributed by atoms with Crippen molar-refractivity contribution < 1.29 is 4.74 Å². The van der Waals surface area contributed by atoms with Crippen molar-refractivity contribution in [1.82, 2.24) is 4.90 Å². The van der Waals surface area contributed by atoms with E-state index in [4.69, 9.17) is 4.74 Å². The van der Waals surface area contributed by atoms with Crippen molar-refractivity contribution >= 4 is 0 Å². The molecule has 2 heteroatoms. The van der Waals surface area contributed by atoms with Crippen LogP contribution in [0.3, 0.4) is 0 Å². The van der Waals surface area contributed by atoms with Gasteiger partial charge in [0.25, 0.3) is 0 Å². The van der Waals surface area contributed by atoms with Crippen molar-refractivity contribution in [3.05, 3.63) is 65.2 Å². The van der Waals surface area contributed by atoms with E-state index in [1.807, 2.05) is 0 Å². The molecule has 1 saturated heterocycles. The molecule has 1 heterocycles. The van der Waals surface area contributed by atoms with Gasteiger partial charge in [0.05, 0.1) is 0 Å². The smallest absolute Gasteiger partial charge is 0.121 e. The Morgan fingerprint density at radius 1 is 1.04 bits per heavy atom. The van der Waals surface area contributed by atoms with Crippen molar-refractivity contribution in [2.75, 3.05) is 13.1 Å². The van der Waals surface area contributed by atoms with Crippen LogP contribution in [0, 0.1) is 0 Å². The third-order valence-corrected chi connectivity index (χ3v) is 6.62. The maximum absolute atomic E-state index is 6.25. The van der Waals surface area contributed by atoms with Crippen LogP contribution in [0.4, 0.5) is 0 Å². The topological polar surface area (TPSA) is 12.5 Å². The number of piperidine rings is 1. The zero-order chi connectivity index (χ0) is 18.7. The van der Waals surface area contributed by atoms with Gasteiger partial charge < -0.3 is 4.74 Å². The minimum Gasteiger partial charge on any atom is -0.486 e. The van der Waals surface area contributed by atoms with Gasteiger partial charge in [0.1, 0.15) is 11.9 Å². The Morgan fingerprint density at radius 3 is 2.70 bits per heavy atom. The first kappa shape index (κ1) is 18.6. The summed E-state index contributed by atoms with van der Waals surface area (Å²) in [5.74, 6) is 1.01. The highest BCUT2D eigenvalue weighted by molar-refractivity contribution is 5.39.